The summed E-state index contributed by atoms with van der Waals surface area (Å²) in [7, 11) is 0. The summed E-state index contributed by atoms with van der Waals surface area (Å²) < 4.78 is 0. The van der Waals surface area contributed by atoms with Crippen LogP contribution in [0, 0.1) is 5.92 Å². The number of rotatable bonds is 3. The molecule has 0 radical (unpaired) electrons. The molecule has 1 aliphatic carbocycles. The molecule has 1 saturated heterocycles. The number of aromatic hydroxyl groups is 1. The molecule has 2 aliphatic rings. The van der Waals surface area contributed by atoms with Crippen LogP contribution in [0.5, 0.6) is 5.75 Å². The van der Waals surface area contributed by atoms with Crippen molar-refractivity contribution < 1.29 is 5.11 Å². The van der Waals surface area contributed by atoms with E-state index in [-0.39, 0.29) is 35.6 Å². The largest absolute Gasteiger partial charge is 0.507 e. The van der Waals surface area contributed by atoms with Crippen molar-refractivity contribution in [2.24, 2.45) is 5.92 Å². The average molecular weight is 460 g/mol. The van der Waals surface area contributed by atoms with Crippen molar-refractivity contribution in [3.05, 3.63) is 28.8 Å². The van der Waals surface area contributed by atoms with Gasteiger partial charge in [0.05, 0.1) is 0 Å². The normalized spacial score (nSPS) is 20.2. The third-order valence-corrected chi connectivity index (χ3v) is 6.77. The van der Waals surface area contributed by atoms with Gasteiger partial charge in [-0.05, 0) is 46.8 Å². The van der Waals surface area contributed by atoms with Crippen LogP contribution in [0.3, 0.4) is 0 Å². The van der Waals surface area contributed by atoms with Gasteiger partial charge in [-0.25, -0.2) is 0 Å². The first-order valence-electron chi connectivity index (χ1n) is 11.4. The molecule has 2 N–H and O–H groups in total. The quantitative estimate of drug-likeness (QED) is 0.552. The molecule has 5 heteroatoms. The molecule has 1 aromatic rings. The minimum Gasteiger partial charge on any atom is -0.507 e. The van der Waals surface area contributed by atoms with Crippen LogP contribution in [0.2, 0.25) is 0 Å². The van der Waals surface area contributed by atoms with Crippen molar-refractivity contribution in [3.63, 3.8) is 0 Å². The molecular formula is C25H44Cl2N2O. The molecule has 1 heterocycles. The number of hydrogen-bond acceptors (Lipinski definition) is 3. The van der Waals surface area contributed by atoms with E-state index in [4.69, 9.17) is 0 Å². The zero-order valence-corrected chi connectivity index (χ0v) is 21.5. The van der Waals surface area contributed by atoms with Crippen LogP contribution in [0.15, 0.2) is 12.1 Å². The predicted octanol–water partition coefficient (Wildman–Crippen LogP) is 6.36. The second-order valence-corrected chi connectivity index (χ2v) is 11.1. The Labute approximate surface area is 197 Å². The van der Waals surface area contributed by atoms with Crippen LogP contribution in [0.4, 0.5) is 0 Å². The van der Waals surface area contributed by atoms with E-state index in [0.29, 0.717) is 17.7 Å². The van der Waals surface area contributed by atoms with Crippen molar-refractivity contribution in [1.82, 2.24) is 10.2 Å². The molecule has 0 amide bonds. The van der Waals surface area contributed by atoms with Crippen molar-refractivity contribution in [2.45, 2.75) is 90.5 Å². The highest BCUT2D eigenvalue weighted by atomic mass is 35.5. The van der Waals surface area contributed by atoms with E-state index in [2.05, 4.69) is 63.9 Å². The lowest BCUT2D eigenvalue weighted by molar-refractivity contribution is 0.101. The highest BCUT2D eigenvalue weighted by Gasteiger charge is 2.35. The minimum atomic E-state index is -0.0688. The van der Waals surface area contributed by atoms with Crippen LogP contribution < -0.4 is 5.32 Å². The Bertz CT molecular complexity index is 649. The van der Waals surface area contributed by atoms with Gasteiger partial charge in [-0.15, -0.1) is 24.8 Å². The van der Waals surface area contributed by atoms with Gasteiger partial charge in [0.25, 0.3) is 0 Å². The molecule has 0 spiro atoms. The molecule has 0 bridgehead atoms. The lowest BCUT2D eigenvalue weighted by Gasteiger charge is -2.42. The summed E-state index contributed by atoms with van der Waals surface area (Å²) in [6.45, 7) is 17.8. The fourth-order valence-corrected chi connectivity index (χ4v) is 5.05. The van der Waals surface area contributed by atoms with Gasteiger partial charge in [-0.2, -0.15) is 0 Å². The number of phenolic OH excluding ortho intramolecular Hbond substituents is 1. The van der Waals surface area contributed by atoms with Gasteiger partial charge in [0.15, 0.2) is 0 Å². The van der Waals surface area contributed by atoms with Crippen molar-refractivity contribution >= 4 is 24.8 Å². The van der Waals surface area contributed by atoms with Gasteiger partial charge in [-0.3, -0.25) is 4.90 Å². The first kappa shape index (κ1) is 27.6. The SMILES string of the molecule is CC(C)(C)c1cc([C@H](C2CCCCC2)N2CCNCC2)c(O)c(C(C)(C)C)c1.Cl.Cl. The molecule has 0 aromatic heterocycles. The maximum absolute atomic E-state index is 11.5. The molecule has 174 valence electrons. The summed E-state index contributed by atoms with van der Waals surface area (Å²) in [4.78, 5) is 2.65. The smallest absolute Gasteiger partial charge is 0.124 e. The van der Waals surface area contributed by atoms with Crippen LogP contribution in [0.1, 0.15) is 96.4 Å². The molecule has 1 atom stereocenters. The Morgan fingerprint density at radius 1 is 0.900 bits per heavy atom. The summed E-state index contributed by atoms with van der Waals surface area (Å²) in [6, 6.07) is 4.94. The summed E-state index contributed by atoms with van der Waals surface area (Å²) in [5.74, 6) is 1.20. The van der Waals surface area contributed by atoms with Crippen molar-refractivity contribution in [3.8, 4) is 5.75 Å². The van der Waals surface area contributed by atoms with Crippen molar-refractivity contribution in [2.75, 3.05) is 26.2 Å². The van der Waals surface area contributed by atoms with Crippen LogP contribution in [-0.4, -0.2) is 36.2 Å². The first-order valence-corrected chi connectivity index (χ1v) is 11.4. The fourth-order valence-electron chi connectivity index (χ4n) is 5.05. The van der Waals surface area contributed by atoms with Crippen LogP contribution in [0.25, 0.3) is 0 Å². The Kier molecular flexibility index (Phi) is 10.0. The zero-order valence-electron chi connectivity index (χ0n) is 19.9. The van der Waals surface area contributed by atoms with E-state index < -0.39 is 0 Å². The van der Waals surface area contributed by atoms with Crippen molar-refractivity contribution in [1.29, 1.82) is 0 Å². The molecular weight excluding hydrogens is 415 g/mol. The predicted molar refractivity (Wildman–Crippen MR) is 134 cm³/mol. The summed E-state index contributed by atoms with van der Waals surface area (Å²) >= 11 is 0. The first-order chi connectivity index (χ1) is 13.1. The van der Waals surface area contributed by atoms with Gasteiger partial charge < -0.3 is 10.4 Å². The number of piperazine rings is 1. The topological polar surface area (TPSA) is 35.5 Å². The summed E-state index contributed by atoms with van der Waals surface area (Å²) in [5.41, 5.74) is 3.64. The van der Waals surface area contributed by atoms with Gasteiger partial charge in [0, 0.05) is 37.8 Å². The summed E-state index contributed by atoms with van der Waals surface area (Å²) in [6.07, 6.45) is 6.61. The second kappa shape index (κ2) is 10.9. The second-order valence-electron chi connectivity index (χ2n) is 11.1. The van der Waals surface area contributed by atoms with E-state index in [1.165, 1.54) is 43.2 Å². The van der Waals surface area contributed by atoms with E-state index in [1.807, 2.05) is 0 Å². The standard InChI is InChI=1S/C25H42N2O.2ClH/c1-24(2,3)19-16-20(23(28)21(17-19)25(4,5)6)22(18-10-8-7-9-11-18)27-14-12-26-13-15-27;;/h16-18,22,26,28H,7-15H2,1-6H3;2*1H/t22-;;/m0../s1. The molecule has 3 nitrogen and oxygen atoms in total. The molecule has 1 aliphatic heterocycles. The number of halogens is 2. The summed E-state index contributed by atoms with van der Waals surface area (Å²) in [5, 5.41) is 15.0. The molecule has 30 heavy (non-hydrogen) atoms. The highest BCUT2D eigenvalue weighted by molar-refractivity contribution is 5.85. The zero-order chi connectivity index (χ0) is 20.5. The third-order valence-electron chi connectivity index (χ3n) is 6.77. The molecule has 2 fully saturated rings. The lowest BCUT2D eigenvalue weighted by atomic mass is 9.74. The number of phenols is 1. The fraction of sp³-hybridized carbons (Fsp3) is 0.760. The molecule has 0 unspecified atom stereocenters. The monoisotopic (exact) mass is 458 g/mol. The number of benzene rings is 1. The van der Waals surface area contributed by atoms with Gasteiger partial charge in [0.2, 0.25) is 0 Å². The van der Waals surface area contributed by atoms with E-state index in [9.17, 15) is 5.11 Å². The number of hydrogen-bond donors (Lipinski definition) is 2. The highest BCUT2D eigenvalue weighted by Crippen LogP contribution is 2.46. The minimum absolute atomic E-state index is 0. The Hall–Kier alpha value is -0.480. The maximum Gasteiger partial charge on any atom is 0.124 e. The molecule has 1 aromatic carbocycles. The molecule has 1 saturated carbocycles. The van der Waals surface area contributed by atoms with Crippen LogP contribution >= 0.6 is 24.8 Å². The third kappa shape index (κ3) is 6.28. The maximum atomic E-state index is 11.5. The Balaban J connectivity index is 0.00000225. The van der Waals surface area contributed by atoms with Crippen LogP contribution in [-0.2, 0) is 10.8 Å². The van der Waals surface area contributed by atoms with E-state index >= 15 is 0 Å². The number of nitrogens with one attached hydrogen (secondary N) is 1. The van der Waals surface area contributed by atoms with Gasteiger partial charge in [-0.1, -0.05) is 66.9 Å². The van der Waals surface area contributed by atoms with Gasteiger partial charge in [0.1, 0.15) is 5.75 Å². The lowest BCUT2D eigenvalue weighted by Crippen LogP contribution is -2.47. The Morgan fingerprint density at radius 2 is 1.47 bits per heavy atom. The number of nitrogens with zero attached hydrogens (tertiary/aromatic N) is 1. The molecule has 3 rings (SSSR count). The Morgan fingerprint density at radius 3 is 1.97 bits per heavy atom. The average Bonchev–Trinajstić information content (AvgIpc) is 2.63. The van der Waals surface area contributed by atoms with Gasteiger partial charge >= 0.3 is 0 Å². The van der Waals surface area contributed by atoms with E-state index in [1.54, 1.807) is 0 Å². The van der Waals surface area contributed by atoms with E-state index in [0.717, 1.165) is 31.7 Å².